The summed E-state index contributed by atoms with van der Waals surface area (Å²) in [5.41, 5.74) is 6.76. The smallest absolute Gasteiger partial charge is 0.272 e. The van der Waals surface area contributed by atoms with Gasteiger partial charge in [0.15, 0.2) is 0 Å². The van der Waals surface area contributed by atoms with Crippen molar-refractivity contribution in [2.75, 3.05) is 35.6 Å². The van der Waals surface area contributed by atoms with Gasteiger partial charge in [-0.25, -0.2) is 13.5 Å². The number of carbonyl (C=O) groups excluding carboxylic acids is 1. The summed E-state index contributed by atoms with van der Waals surface area (Å²) in [6.07, 6.45) is 4.64. The molecular formula is C40H37Cl3N6O2S. The summed E-state index contributed by atoms with van der Waals surface area (Å²) in [7, 11) is -0.875. The minimum absolute atomic E-state index is 0.264. The van der Waals surface area contributed by atoms with Crippen molar-refractivity contribution in [2.24, 2.45) is 0 Å². The van der Waals surface area contributed by atoms with Crippen molar-refractivity contribution in [1.82, 2.24) is 18.8 Å². The number of nitrogens with zero attached hydrogens (tertiary/aromatic N) is 4. The Morgan fingerprint density at radius 1 is 0.923 bits per heavy atom. The van der Waals surface area contributed by atoms with Gasteiger partial charge in [-0.2, -0.15) is 0 Å². The molecule has 0 spiro atoms. The van der Waals surface area contributed by atoms with Gasteiger partial charge in [0.2, 0.25) is 0 Å². The molecule has 0 bridgehead atoms. The van der Waals surface area contributed by atoms with E-state index in [1.54, 1.807) is 12.4 Å². The first-order chi connectivity index (χ1) is 25.3. The lowest BCUT2D eigenvalue weighted by Crippen LogP contribution is -2.44. The zero-order valence-corrected chi connectivity index (χ0v) is 31.6. The van der Waals surface area contributed by atoms with Crippen molar-refractivity contribution in [1.29, 1.82) is 0 Å². The highest BCUT2D eigenvalue weighted by Gasteiger charge is 2.32. The third-order valence-electron chi connectivity index (χ3n) is 10.2. The fourth-order valence-electron chi connectivity index (χ4n) is 7.63. The number of nitrogens with one attached hydrogen (secondary N) is 2. The summed E-state index contributed by atoms with van der Waals surface area (Å²) >= 11 is 19.6. The van der Waals surface area contributed by atoms with Gasteiger partial charge in [-0.05, 0) is 68.1 Å². The van der Waals surface area contributed by atoms with Gasteiger partial charge in [0.25, 0.3) is 5.91 Å². The molecule has 52 heavy (non-hydrogen) atoms. The Hall–Kier alpha value is -4.12. The molecule has 4 aromatic carbocycles. The second-order valence-corrected chi connectivity index (χ2v) is 16.1. The molecule has 0 saturated carbocycles. The predicted octanol–water partition coefficient (Wildman–Crippen LogP) is 9.86. The van der Waals surface area contributed by atoms with Crippen molar-refractivity contribution in [3.05, 3.63) is 124 Å². The molecule has 0 radical (unpaired) electrons. The van der Waals surface area contributed by atoms with E-state index in [4.69, 9.17) is 39.8 Å². The summed E-state index contributed by atoms with van der Waals surface area (Å²) in [4.78, 5) is 25.4. The van der Waals surface area contributed by atoms with Gasteiger partial charge in [0.05, 0.1) is 46.1 Å². The SMILES string of the molecule is CC(c1ccc(Cl)cc1Cl)n1cnc(-c2ccccc2)c1-c1c(C(=O)Nc2ccccc2N2CCC(N3CCCS3=O)CC2)[nH]c2cc(Cl)ccc12. The van der Waals surface area contributed by atoms with E-state index in [9.17, 15) is 9.00 Å². The standard InChI is InChI=1S/C40H37Cl3N6O2S/c1-25(30-14-12-27(41)22-32(30)43)48-24-44-37(26-8-3-2-4-9-26)39(48)36-31-15-13-28(42)23-34(31)45-38(36)40(50)46-33-10-5-6-11-35(33)47-19-16-29(17-20-47)49-18-7-21-52(49)51/h2-6,8-15,22-25,29,45H,7,16-21H2,1H3,(H,46,50). The first kappa shape index (κ1) is 34.9. The monoisotopic (exact) mass is 770 g/mol. The van der Waals surface area contributed by atoms with Crippen LogP contribution in [0.2, 0.25) is 15.1 Å². The molecule has 12 heteroatoms. The minimum Gasteiger partial charge on any atom is -0.370 e. The van der Waals surface area contributed by atoms with Crippen LogP contribution >= 0.6 is 34.8 Å². The van der Waals surface area contributed by atoms with Crippen molar-refractivity contribution in [3.8, 4) is 22.5 Å². The van der Waals surface area contributed by atoms with Gasteiger partial charge < -0.3 is 19.8 Å². The number of aromatic nitrogens is 3. The molecule has 266 valence electrons. The Labute approximate surface area is 320 Å². The van der Waals surface area contributed by atoms with Crippen LogP contribution in [-0.2, 0) is 11.0 Å². The average molecular weight is 772 g/mol. The van der Waals surface area contributed by atoms with Crippen LogP contribution in [0.5, 0.6) is 0 Å². The number of rotatable bonds is 8. The Morgan fingerprint density at radius 3 is 2.40 bits per heavy atom. The highest BCUT2D eigenvalue weighted by Crippen LogP contribution is 2.43. The number of benzene rings is 4. The molecule has 1 amide bonds. The zero-order chi connectivity index (χ0) is 35.9. The van der Waals surface area contributed by atoms with Crippen LogP contribution < -0.4 is 10.2 Å². The van der Waals surface area contributed by atoms with E-state index in [2.05, 4.69) is 37.1 Å². The van der Waals surface area contributed by atoms with E-state index in [0.717, 1.165) is 89.4 Å². The van der Waals surface area contributed by atoms with Gasteiger partial charge in [-0.15, -0.1) is 0 Å². The molecule has 8 nitrogen and oxygen atoms in total. The molecule has 2 unspecified atom stereocenters. The molecule has 2 saturated heterocycles. The van der Waals surface area contributed by atoms with Crippen LogP contribution in [0.4, 0.5) is 11.4 Å². The molecule has 6 aromatic rings. The van der Waals surface area contributed by atoms with Crippen molar-refractivity contribution in [2.45, 2.75) is 38.3 Å². The molecule has 2 aliphatic heterocycles. The number of fused-ring (bicyclic) bond motifs is 1. The molecule has 2 atom stereocenters. The lowest BCUT2D eigenvalue weighted by molar-refractivity contribution is 0.102. The first-order valence-corrected chi connectivity index (χ1v) is 19.9. The summed E-state index contributed by atoms with van der Waals surface area (Å²) in [6.45, 7) is 4.58. The number of H-pyrrole nitrogens is 1. The first-order valence-electron chi connectivity index (χ1n) is 17.5. The van der Waals surface area contributed by atoms with Crippen LogP contribution in [0.3, 0.4) is 0 Å². The number of imidazole rings is 1. The lowest BCUT2D eigenvalue weighted by atomic mass is 9.99. The number of anilines is 2. The van der Waals surface area contributed by atoms with Gasteiger partial charge in [0.1, 0.15) is 5.69 Å². The fraction of sp³-hybridized carbons (Fsp3) is 0.250. The van der Waals surface area contributed by atoms with Crippen molar-refractivity contribution >= 4 is 74.0 Å². The topological polar surface area (TPSA) is 86.3 Å². The summed E-state index contributed by atoms with van der Waals surface area (Å²) in [5.74, 6) is 0.472. The quantitative estimate of drug-likeness (QED) is 0.161. The van der Waals surface area contributed by atoms with Crippen molar-refractivity contribution in [3.63, 3.8) is 0 Å². The van der Waals surface area contributed by atoms with Crippen LogP contribution in [-0.4, -0.2) is 60.4 Å². The summed E-state index contributed by atoms with van der Waals surface area (Å²) in [6, 6.07) is 29.0. The minimum atomic E-state index is -0.875. The van der Waals surface area contributed by atoms with Crippen molar-refractivity contribution < 1.29 is 9.00 Å². The maximum atomic E-state index is 14.7. The van der Waals surface area contributed by atoms with Crippen LogP contribution in [0.15, 0.2) is 97.3 Å². The van der Waals surface area contributed by atoms with E-state index in [-0.39, 0.29) is 11.9 Å². The van der Waals surface area contributed by atoms with E-state index in [1.807, 2.05) is 78.9 Å². The van der Waals surface area contributed by atoms with Crippen LogP contribution in [0.25, 0.3) is 33.4 Å². The molecule has 0 aliphatic carbocycles. The Balaban J connectivity index is 1.20. The van der Waals surface area contributed by atoms with Crippen LogP contribution in [0.1, 0.15) is 48.3 Å². The van der Waals surface area contributed by atoms with E-state index >= 15 is 0 Å². The average Bonchev–Trinajstić information content (AvgIpc) is 3.88. The number of carbonyl (C=O) groups is 1. The Kier molecular flexibility index (Phi) is 9.89. The highest BCUT2D eigenvalue weighted by atomic mass is 35.5. The summed E-state index contributed by atoms with van der Waals surface area (Å²) in [5, 5.41) is 5.74. The van der Waals surface area contributed by atoms with E-state index in [1.165, 1.54) is 0 Å². The van der Waals surface area contributed by atoms with Gasteiger partial charge >= 0.3 is 0 Å². The Bertz CT molecular complexity index is 2300. The number of hydrogen-bond acceptors (Lipinski definition) is 4. The highest BCUT2D eigenvalue weighted by molar-refractivity contribution is 7.82. The maximum absolute atomic E-state index is 14.7. The second-order valence-electron chi connectivity index (χ2n) is 13.3. The molecule has 2 N–H and O–H groups in total. The van der Waals surface area contributed by atoms with E-state index < -0.39 is 11.0 Å². The lowest BCUT2D eigenvalue weighted by Gasteiger charge is -2.37. The molecule has 2 aliphatic rings. The van der Waals surface area contributed by atoms with Gasteiger partial charge in [-0.1, -0.05) is 89.4 Å². The molecule has 8 rings (SSSR count). The number of halogens is 3. The number of aromatic amines is 1. The number of hydrogen-bond donors (Lipinski definition) is 2. The largest absolute Gasteiger partial charge is 0.370 e. The predicted molar refractivity (Wildman–Crippen MR) is 214 cm³/mol. The van der Waals surface area contributed by atoms with E-state index in [0.29, 0.717) is 32.4 Å². The molecule has 2 aromatic heterocycles. The molecule has 2 fully saturated rings. The van der Waals surface area contributed by atoms with Gasteiger partial charge in [-0.3, -0.25) is 4.79 Å². The molecular weight excluding hydrogens is 735 g/mol. The Morgan fingerprint density at radius 2 is 1.65 bits per heavy atom. The zero-order valence-electron chi connectivity index (χ0n) is 28.5. The van der Waals surface area contributed by atoms with Crippen LogP contribution in [0, 0.1) is 0 Å². The normalized spacial score (nSPS) is 17.5. The summed E-state index contributed by atoms with van der Waals surface area (Å²) < 4.78 is 16.8. The molecule has 4 heterocycles. The number of amides is 1. The third-order valence-corrected chi connectivity index (χ3v) is 12.7. The fourth-order valence-corrected chi connectivity index (χ4v) is 9.86. The maximum Gasteiger partial charge on any atom is 0.272 e. The third kappa shape index (κ3) is 6.65. The second kappa shape index (κ2) is 14.7. The number of para-hydroxylation sites is 2. The van der Waals surface area contributed by atoms with Gasteiger partial charge in [0, 0.05) is 68.5 Å². The number of piperidine rings is 1.